The Bertz CT molecular complexity index is 772. The van der Waals surface area contributed by atoms with E-state index in [0.29, 0.717) is 24.4 Å². The number of amides is 2. The van der Waals surface area contributed by atoms with Crippen LogP contribution in [0.2, 0.25) is 0 Å². The van der Waals surface area contributed by atoms with Crippen molar-refractivity contribution in [3.05, 3.63) is 60.2 Å². The lowest BCUT2D eigenvalue weighted by Crippen LogP contribution is -2.36. The number of esters is 1. The van der Waals surface area contributed by atoms with Crippen LogP contribution in [0.1, 0.15) is 23.2 Å². The van der Waals surface area contributed by atoms with E-state index in [-0.39, 0.29) is 11.4 Å². The first-order valence-electron chi connectivity index (χ1n) is 8.51. The first-order valence-corrected chi connectivity index (χ1v) is 8.51. The minimum Gasteiger partial charge on any atom is -0.493 e. The van der Waals surface area contributed by atoms with E-state index in [1.54, 1.807) is 24.3 Å². The number of anilines is 1. The fourth-order valence-electron chi connectivity index (χ4n) is 2.59. The number of carbonyl (C=O) groups excluding carboxylic acids is 2. The lowest BCUT2D eigenvalue weighted by atomic mass is 10.1. The molecule has 0 spiro atoms. The first kappa shape index (κ1) is 17.8. The molecule has 6 heteroatoms. The Morgan fingerprint density at radius 1 is 1.08 bits per heavy atom. The van der Waals surface area contributed by atoms with Crippen LogP contribution in [-0.4, -0.2) is 32.3 Å². The SMILES string of the molecule is COC(=O)c1cccc(NC(=O)NCC2(COc3ccccc3)CC2)c1. The van der Waals surface area contributed by atoms with Crippen molar-refractivity contribution >= 4 is 17.7 Å². The van der Waals surface area contributed by atoms with Crippen LogP contribution in [0.4, 0.5) is 10.5 Å². The highest BCUT2D eigenvalue weighted by molar-refractivity contribution is 5.93. The number of methoxy groups -OCH3 is 1. The van der Waals surface area contributed by atoms with Gasteiger partial charge in [0.15, 0.2) is 0 Å². The van der Waals surface area contributed by atoms with Gasteiger partial charge in [0.25, 0.3) is 0 Å². The summed E-state index contributed by atoms with van der Waals surface area (Å²) in [6.45, 7) is 1.12. The Morgan fingerprint density at radius 2 is 1.85 bits per heavy atom. The Hall–Kier alpha value is -3.02. The van der Waals surface area contributed by atoms with Crippen molar-refractivity contribution in [1.82, 2.24) is 5.32 Å². The topological polar surface area (TPSA) is 76.7 Å². The molecule has 0 radical (unpaired) electrons. The molecule has 0 aromatic heterocycles. The maximum atomic E-state index is 12.1. The van der Waals surface area contributed by atoms with Gasteiger partial charge in [0.1, 0.15) is 5.75 Å². The van der Waals surface area contributed by atoms with E-state index in [2.05, 4.69) is 15.4 Å². The highest BCUT2D eigenvalue weighted by Gasteiger charge is 2.43. The molecule has 0 atom stereocenters. The van der Waals surface area contributed by atoms with Crippen molar-refractivity contribution < 1.29 is 19.1 Å². The number of hydrogen-bond acceptors (Lipinski definition) is 4. The van der Waals surface area contributed by atoms with E-state index in [4.69, 9.17) is 4.74 Å². The lowest BCUT2D eigenvalue weighted by Gasteiger charge is -2.17. The minimum atomic E-state index is -0.441. The van der Waals surface area contributed by atoms with Crippen molar-refractivity contribution in [3.8, 4) is 5.75 Å². The number of rotatable bonds is 7. The van der Waals surface area contributed by atoms with E-state index < -0.39 is 5.97 Å². The van der Waals surface area contributed by atoms with Crippen LogP contribution in [0, 0.1) is 5.41 Å². The lowest BCUT2D eigenvalue weighted by molar-refractivity contribution is 0.0600. The smallest absolute Gasteiger partial charge is 0.337 e. The van der Waals surface area contributed by atoms with Crippen LogP contribution >= 0.6 is 0 Å². The van der Waals surface area contributed by atoms with Crippen LogP contribution in [0.15, 0.2) is 54.6 Å². The maximum absolute atomic E-state index is 12.1. The molecule has 0 saturated heterocycles. The van der Waals surface area contributed by atoms with Crippen molar-refractivity contribution in [2.75, 3.05) is 25.6 Å². The molecule has 0 unspecified atom stereocenters. The molecular weight excluding hydrogens is 332 g/mol. The highest BCUT2D eigenvalue weighted by atomic mass is 16.5. The molecule has 0 bridgehead atoms. The number of carbonyl (C=O) groups is 2. The summed E-state index contributed by atoms with van der Waals surface area (Å²) in [6, 6.07) is 16.0. The van der Waals surface area contributed by atoms with E-state index >= 15 is 0 Å². The van der Waals surface area contributed by atoms with Gasteiger partial charge in [-0.1, -0.05) is 24.3 Å². The number of benzene rings is 2. The van der Waals surface area contributed by atoms with Crippen molar-refractivity contribution in [3.63, 3.8) is 0 Å². The van der Waals surface area contributed by atoms with Gasteiger partial charge in [-0.25, -0.2) is 9.59 Å². The Labute approximate surface area is 152 Å². The standard InChI is InChI=1S/C20H22N2O4/c1-25-18(23)15-6-5-7-16(12-15)22-19(24)21-13-20(10-11-20)14-26-17-8-3-2-4-9-17/h2-9,12H,10-11,13-14H2,1H3,(H2,21,22,24). The second-order valence-electron chi connectivity index (χ2n) is 6.48. The zero-order valence-corrected chi connectivity index (χ0v) is 14.7. The molecule has 2 amide bonds. The predicted molar refractivity (Wildman–Crippen MR) is 98.4 cm³/mol. The Morgan fingerprint density at radius 3 is 2.54 bits per heavy atom. The number of urea groups is 1. The summed E-state index contributed by atoms with van der Waals surface area (Å²) in [5.41, 5.74) is 0.928. The summed E-state index contributed by atoms with van der Waals surface area (Å²) in [7, 11) is 1.32. The van der Waals surface area contributed by atoms with E-state index in [0.717, 1.165) is 18.6 Å². The van der Waals surface area contributed by atoms with E-state index in [1.165, 1.54) is 7.11 Å². The van der Waals surface area contributed by atoms with Crippen LogP contribution < -0.4 is 15.4 Å². The number of para-hydroxylation sites is 1. The van der Waals surface area contributed by atoms with Gasteiger partial charge in [-0.15, -0.1) is 0 Å². The van der Waals surface area contributed by atoms with Crippen LogP contribution in [-0.2, 0) is 4.74 Å². The average molecular weight is 354 g/mol. The number of nitrogens with one attached hydrogen (secondary N) is 2. The van der Waals surface area contributed by atoms with Crippen molar-refractivity contribution in [1.29, 1.82) is 0 Å². The summed E-state index contributed by atoms with van der Waals surface area (Å²) in [5.74, 6) is 0.395. The average Bonchev–Trinajstić information content (AvgIpc) is 3.46. The molecule has 0 aliphatic heterocycles. The van der Waals surface area contributed by atoms with Gasteiger partial charge in [0.2, 0.25) is 0 Å². The first-order chi connectivity index (χ1) is 12.6. The predicted octanol–water partition coefficient (Wildman–Crippen LogP) is 3.45. The normalized spacial score (nSPS) is 14.2. The quantitative estimate of drug-likeness (QED) is 0.747. The van der Waals surface area contributed by atoms with Crippen LogP contribution in [0.5, 0.6) is 5.75 Å². The molecule has 1 aliphatic rings. The van der Waals surface area contributed by atoms with Crippen LogP contribution in [0.3, 0.4) is 0 Å². The zero-order chi connectivity index (χ0) is 18.4. The zero-order valence-electron chi connectivity index (χ0n) is 14.7. The second-order valence-corrected chi connectivity index (χ2v) is 6.48. The number of hydrogen-bond donors (Lipinski definition) is 2. The molecule has 1 fully saturated rings. The summed E-state index contributed by atoms with van der Waals surface area (Å²) < 4.78 is 10.5. The van der Waals surface area contributed by atoms with Crippen LogP contribution in [0.25, 0.3) is 0 Å². The molecule has 1 aliphatic carbocycles. The molecule has 3 rings (SSSR count). The van der Waals surface area contributed by atoms with E-state index in [9.17, 15) is 9.59 Å². The molecule has 2 aromatic carbocycles. The Kier molecular flexibility index (Phi) is 5.41. The summed E-state index contributed by atoms with van der Waals surface area (Å²) in [5, 5.41) is 5.62. The van der Waals surface area contributed by atoms with Gasteiger partial charge in [-0.3, -0.25) is 0 Å². The van der Waals surface area contributed by atoms with Gasteiger partial charge < -0.3 is 20.1 Å². The van der Waals surface area contributed by atoms with Gasteiger partial charge in [0, 0.05) is 17.6 Å². The number of ether oxygens (including phenoxy) is 2. The second kappa shape index (κ2) is 7.91. The molecule has 26 heavy (non-hydrogen) atoms. The fourth-order valence-corrected chi connectivity index (χ4v) is 2.59. The van der Waals surface area contributed by atoms with Gasteiger partial charge in [-0.05, 0) is 43.2 Å². The molecule has 1 saturated carbocycles. The van der Waals surface area contributed by atoms with E-state index in [1.807, 2.05) is 30.3 Å². The molecule has 136 valence electrons. The molecule has 6 nitrogen and oxygen atoms in total. The Balaban J connectivity index is 1.47. The largest absolute Gasteiger partial charge is 0.493 e. The summed E-state index contributed by atoms with van der Waals surface area (Å²) in [6.07, 6.45) is 2.05. The third-order valence-corrected chi connectivity index (χ3v) is 4.41. The van der Waals surface area contributed by atoms with Crippen molar-refractivity contribution in [2.24, 2.45) is 5.41 Å². The summed E-state index contributed by atoms with van der Waals surface area (Å²) in [4.78, 5) is 23.7. The van der Waals surface area contributed by atoms with Gasteiger partial charge in [-0.2, -0.15) is 0 Å². The fraction of sp³-hybridized carbons (Fsp3) is 0.300. The monoisotopic (exact) mass is 354 g/mol. The van der Waals surface area contributed by atoms with Crippen molar-refractivity contribution in [2.45, 2.75) is 12.8 Å². The third-order valence-electron chi connectivity index (χ3n) is 4.41. The third kappa shape index (κ3) is 4.75. The molecule has 2 aromatic rings. The summed E-state index contributed by atoms with van der Waals surface area (Å²) >= 11 is 0. The molecule has 2 N–H and O–H groups in total. The van der Waals surface area contributed by atoms with Gasteiger partial charge >= 0.3 is 12.0 Å². The maximum Gasteiger partial charge on any atom is 0.337 e. The highest BCUT2D eigenvalue weighted by Crippen LogP contribution is 2.45. The van der Waals surface area contributed by atoms with Gasteiger partial charge in [0.05, 0.1) is 19.3 Å². The minimum absolute atomic E-state index is 0.00104. The molecule has 0 heterocycles. The molecular formula is C20H22N2O4.